The van der Waals surface area contributed by atoms with Crippen molar-refractivity contribution in [2.45, 2.75) is 0 Å². The standard InChI is InChI=1S/C6H5F2NO.ClH/c7-3-1-2-4(10)6(9)5(3)8;/h1-2,10H,9H2;1H. The van der Waals surface area contributed by atoms with Crippen LogP contribution in [0.5, 0.6) is 5.75 Å². The largest absolute Gasteiger partial charge is 0.506 e. The molecule has 0 bridgehead atoms. The average molecular weight is 182 g/mol. The van der Waals surface area contributed by atoms with Crippen LogP contribution in [0.25, 0.3) is 0 Å². The summed E-state index contributed by atoms with van der Waals surface area (Å²) in [5, 5.41) is 8.69. The van der Waals surface area contributed by atoms with Crippen LogP contribution in [0.3, 0.4) is 0 Å². The van der Waals surface area contributed by atoms with Crippen LogP contribution in [0, 0.1) is 11.6 Å². The SMILES string of the molecule is Cl.Nc1c(O)ccc(F)c1F. The quantitative estimate of drug-likeness (QED) is 0.473. The molecule has 0 heterocycles. The van der Waals surface area contributed by atoms with E-state index in [1.165, 1.54) is 0 Å². The van der Waals surface area contributed by atoms with E-state index in [-0.39, 0.29) is 12.4 Å². The summed E-state index contributed by atoms with van der Waals surface area (Å²) in [6.07, 6.45) is 0. The Bertz CT molecular complexity index is 240. The highest BCUT2D eigenvalue weighted by molar-refractivity contribution is 5.85. The minimum Gasteiger partial charge on any atom is -0.506 e. The Morgan fingerprint density at radius 2 is 1.82 bits per heavy atom. The number of aromatic hydroxyl groups is 1. The van der Waals surface area contributed by atoms with Crippen LogP contribution in [0.2, 0.25) is 0 Å². The molecule has 11 heavy (non-hydrogen) atoms. The smallest absolute Gasteiger partial charge is 0.185 e. The van der Waals surface area contributed by atoms with Crippen LogP contribution in [-0.2, 0) is 0 Å². The summed E-state index contributed by atoms with van der Waals surface area (Å²) in [5.41, 5.74) is 4.36. The molecule has 1 aromatic rings. The van der Waals surface area contributed by atoms with Crippen molar-refractivity contribution in [3.05, 3.63) is 23.8 Å². The molecule has 0 fully saturated rings. The molecule has 1 aromatic carbocycles. The van der Waals surface area contributed by atoms with Gasteiger partial charge >= 0.3 is 0 Å². The Labute approximate surface area is 68.0 Å². The van der Waals surface area contributed by atoms with Crippen LogP contribution < -0.4 is 5.73 Å². The van der Waals surface area contributed by atoms with E-state index < -0.39 is 23.1 Å². The monoisotopic (exact) mass is 181 g/mol. The number of rotatable bonds is 0. The van der Waals surface area contributed by atoms with Crippen molar-refractivity contribution in [3.63, 3.8) is 0 Å². The second kappa shape index (κ2) is 3.39. The molecule has 0 saturated heterocycles. The zero-order chi connectivity index (χ0) is 7.72. The van der Waals surface area contributed by atoms with Gasteiger partial charge in [0, 0.05) is 0 Å². The summed E-state index contributed by atoms with van der Waals surface area (Å²) in [4.78, 5) is 0. The summed E-state index contributed by atoms with van der Waals surface area (Å²) < 4.78 is 24.5. The zero-order valence-electron chi connectivity index (χ0n) is 5.34. The Kier molecular flexibility index (Phi) is 3.07. The lowest BCUT2D eigenvalue weighted by Crippen LogP contribution is -1.93. The number of nitrogen functional groups attached to an aromatic ring is 1. The van der Waals surface area contributed by atoms with Gasteiger partial charge in [-0.3, -0.25) is 0 Å². The normalized spacial score (nSPS) is 8.91. The molecule has 5 heteroatoms. The number of halogens is 3. The highest BCUT2D eigenvalue weighted by Crippen LogP contribution is 2.23. The van der Waals surface area contributed by atoms with Gasteiger partial charge in [-0.2, -0.15) is 0 Å². The molecule has 0 atom stereocenters. The predicted molar refractivity (Wildman–Crippen MR) is 39.7 cm³/mol. The van der Waals surface area contributed by atoms with Gasteiger partial charge in [0.2, 0.25) is 0 Å². The van der Waals surface area contributed by atoms with Gasteiger partial charge in [-0.15, -0.1) is 12.4 Å². The Hall–Kier alpha value is -1.03. The predicted octanol–water partition coefficient (Wildman–Crippen LogP) is 1.67. The number of phenols is 1. The maximum Gasteiger partial charge on any atom is 0.185 e. The van der Waals surface area contributed by atoms with Gasteiger partial charge in [0.1, 0.15) is 11.4 Å². The first-order valence-electron chi connectivity index (χ1n) is 2.55. The van der Waals surface area contributed by atoms with E-state index in [2.05, 4.69) is 0 Å². The third-order valence-corrected chi connectivity index (χ3v) is 1.11. The maximum absolute atomic E-state index is 12.3. The van der Waals surface area contributed by atoms with Crippen molar-refractivity contribution in [2.24, 2.45) is 0 Å². The molecule has 0 aromatic heterocycles. The lowest BCUT2D eigenvalue weighted by molar-refractivity contribution is 0.460. The topological polar surface area (TPSA) is 46.2 Å². The van der Waals surface area contributed by atoms with E-state index in [9.17, 15) is 8.78 Å². The number of anilines is 1. The maximum atomic E-state index is 12.3. The second-order valence-electron chi connectivity index (χ2n) is 1.79. The van der Waals surface area contributed by atoms with Crippen LogP contribution in [0.15, 0.2) is 12.1 Å². The van der Waals surface area contributed by atoms with Crippen LogP contribution >= 0.6 is 12.4 Å². The van der Waals surface area contributed by atoms with E-state index in [1.807, 2.05) is 0 Å². The van der Waals surface area contributed by atoms with Crippen molar-refractivity contribution in [3.8, 4) is 5.75 Å². The fourth-order valence-electron chi connectivity index (χ4n) is 0.556. The van der Waals surface area contributed by atoms with Gasteiger partial charge in [0.05, 0.1) is 0 Å². The van der Waals surface area contributed by atoms with E-state index >= 15 is 0 Å². The van der Waals surface area contributed by atoms with Crippen molar-refractivity contribution >= 4 is 18.1 Å². The minimum atomic E-state index is -1.21. The summed E-state index contributed by atoms with van der Waals surface area (Å²) >= 11 is 0. The highest BCUT2D eigenvalue weighted by Gasteiger charge is 2.08. The average Bonchev–Trinajstić information content (AvgIpc) is 1.93. The fourth-order valence-corrected chi connectivity index (χ4v) is 0.556. The lowest BCUT2D eigenvalue weighted by atomic mass is 10.3. The molecule has 1 rings (SSSR count). The summed E-state index contributed by atoms with van der Waals surface area (Å²) in [7, 11) is 0. The molecule has 62 valence electrons. The second-order valence-corrected chi connectivity index (χ2v) is 1.79. The van der Waals surface area contributed by atoms with Crippen molar-refractivity contribution < 1.29 is 13.9 Å². The van der Waals surface area contributed by atoms with Gasteiger partial charge in [0.15, 0.2) is 11.6 Å². The van der Waals surface area contributed by atoms with Gasteiger partial charge in [-0.05, 0) is 12.1 Å². The van der Waals surface area contributed by atoms with E-state index in [1.54, 1.807) is 0 Å². The molecule has 0 unspecified atom stereocenters. The molecule has 0 aliphatic heterocycles. The first-order valence-corrected chi connectivity index (χ1v) is 2.55. The summed E-state index contributed by atoms with van der Waals surface area (Å²) in [5.74, 6) is -2.71. The van der Waals surface area contributed by atoms with E-state index in [0.29, 0.717) is 0 Å². The Balaban J connectivity index is 0.000001000. The summed E-state index contributed by atoms with van der Waals surface area (Å²) in [6.45, 7) is 0. The third-order valence-electron chi connectivity index (χ3n) is 1.11. The van der Waals surface area contributed by atoms with Crippen molar-refractivity contribution in [1.29, 1.82) is 0 Å². The van der Waals surface area contributed by atoms with Gasteiger partial charge in [-0.25, -0.2) is 8.78 Å². The van der Waals surface area contributed by atoms with Crippen LogP contribution in [-0.4, -0.2) is 5.11 Å². The molecular weight excluding hydrogens is 176 g/mol. The van der Waals surface area contributed by atoms with E-state index in [0.717, 1.165) is 12.1 Å². The van der Waals surface area contributed by atoms with Crippen molar-refractivity contribution in [2.75, 3.05) is 5.73 Å². The first-order chi connectivity index (χ1) is 4.63. The lowest BCUT2D eigenvalue weighted by Gasteiger charge is -1.98. The Morgan fingerprint density at radius 1 is 1.27 bits per heavy atom. The number of benzene rings is 1. The van der Waals surface area contributed by atoms with Gasteiger partial charge < -0.3 is 10.8 Å². The van der Waals surface area contributed by atoms with E-state index in [4.69, 9.17) is 10.8 Å². The molecule has 3 N–H and O–H groups in total. The molecule has 0 amide bonds. The van der Waals surface area contributed by atoms with Crippen molar-refractivity contribution in [1.82, 2.24) is 0 Å². The highest BCUT2D eigenvalue weighted by atomic mass is 35.5. The fraction of sp³-hybridized carbons (Fsp3) is 0. The van der Waals surface area contributed by atoms with Crippen LogP contribution in [0.1, 0.15) is 0 Å². The Morgan fingerprint density at radius 3 is 2.27 bits per heavy atom. The van der Waals surface area contributed by atoms with Crippen LogP contribution in [0.4, 0.5) is 14.5 Å². The van der Waals surface area contributed by atoms with Gasteiger partial charge in [0.25, 0.3) is 0 Å². The molecule has 0 aliphatic rings. The molecule has 2 nitrogen and oxygen atoms in total. The zero-order valence-corrected chi connectivity index (χ0v) is 6.16. The molecule has 0 aliphatic carbocycles. The molecule has 0 spiro atoms. The first kappa shape index (κ1) is 9.97. The number of hydrogen-bond donors (Lipinski definition) is 2. The number of hydrogen-bond acceptors (Lipinski definition) is 2. The minimum absolute atomic E-state index is 0. The third kappa shape index (κ3) is 1.71. The molecular formula is C6H6ClF2NO. The number of nitrogens with two attached hydrogens (primary N) is 1. The van der Waals surface area contributed by atoms with Gasteiger partial charge in [-0.1, -0.05) is 0 Å². The number of phenolic OH excluding ortho intramolecular Hbond substituents is 1. The molecule has 0 saturated carbocycles. The summed E-state index contributed by atoms with van der Waals surface area (Å²) in [6, 6.07) is 1.80. The molecule has 0 radical (unpaired) electrons.